The van der Waals surface area contributed by atoms with Crippen molar-refractivity contribution >= 4 is 11.9 Å². The number of amides is 1. The standard InChI is InChI=1S/C21H29N5O2/c1-14(2)5-10-25-11-6-15(3)18(19(25)27)20(28)26-12-7-16(8-13-26)17-4-9-23-21(22)24-17/h4,6,9,11,14,16H,5,7-8,10,12-13H2,1-3H3,(H2,22,23,24). The van der Waals surface area contributed by atoms with E-state index < -0.39 is 0 Å². The molecule has 1 amide bonds. The monoisotopic (exact) mass is 383 g/mol. The fourth-order valence-corrected chi connectivity index (χ4v) is 3.65. The first-order chi connectivity index (χ1) is 13.4. The third-order valence-corrected chi connectivity index (χ3v) is 5.43. The minimum absolute atomic E-state index is 0.165. The Kier molecular flexibility index (Phi) is 6.11. The molecule has 1 aliphatic heterocycles. The number of hydrogen-bond donors (Lipinski definition) is 1. The second kappa shape index (κ2) is 8.54. The summed E-state index contributed by atoms with van der Waals surface area (Å²) in [5.41, 5.74) is 7.46. The second-order valence-corrected chi connectivity index (χ2v) is 7.96. The highest BCUT2D eigenvalue weighted by Crippen LogP contribution is 2.27. The Morgan fingerprint density at radius 1 is 1.29 bits per heavy atom. The van der Waals surface area contributed by atoms with E-state index in [-0.39, 0.29) is 23.3 Å². The van der Waals surface area contributed by atoms with E-state index in [1.54, 1.807) is 21.9 Å². The molecular weight excluding hydrogens is 354 g/mol. The minimum atomic E-state index is -0.184. The van der Waals surface area contributed by atoms with Gasteiger partial charge in [-0.3, -0.25) is 9.59 Å². The summed E-state index contributed by atoms with van der Waals surface area (Å²) in [7, 11) is 0. The van der Waals surface area contributed by atoms with Gasteiger partial charge in [0, 0.05) is 43.6 Å². The van der Waals surface area contributed by atoms with Gasteiger partial charge in [0.1, 0.15) is 5.56 Å². The van der Waals surface area contributed by atoms with E-state index in [0.29, 0.717) is 31.1 Å². The van der Waals surface area contributed by atoms with Crippen LogP contribution in [0.2, 0.25) is 0 Å². The van der Waals surface area contributed by atoms with Crippen LogP contribution in [0.4, 0.5) is 5.95 Å². The van der Waals surface area contributed by atoms with E-state index in [0.717, 1.165) is 30.5 Å². The lowest BCUT2D eigenvalue weighted by Gasteiger charge is -2.32. The van der Waals surface area contributed by atoms with Crippen LogP contribution in [-0.4, -0.2) is 38.4 Å². The van der Waals surface area contributed by atoms with Gasteiger partial charge in [-0.15, -0.1) is 0 Å². The highest BCUT2D eigenvalue weighted by molar-refractivity contribution is 5.95. The number of nitrogen functional groups attached to an aromatic ring is 1. The summed E-state index contributed by atoms with van der Waals surface area (Å²) in [6, 6.07) is 3.75. The molecule has 3 heterocycles. The topological polar surface area (TPSA) is 94.1 Å². The zero-order chi connectivity index (χ0) is 20.3. The Bertz CT molecular complexity index is 898. The molecule has 0 saturated carbocycles. The molecule has 2 N–H and O–H groups in total. The van der Waals surface area contributed by atoms with Gasteiger partial charge in [0.25, 0.3) is 11.5 Å². The van der Waals surface area contributed by atoms with Gasteiger partial charge in [0.15, 0.2) is 0 Å². The molecular formula is C21H29N5O2. The number of aryl methyl sites for hydroxylation is 2. The number of carbonyl (C=O) groups excluding carboxylic acids is 1. The number of carbonyl (C=O) groups is 1. The molecule has 7 nitrogen and oxygen atoms in total. The van der Waals surface area contributed by atoms with Crippen molar-refractivity contribution < 1.29 is 4.79 Å². The van der Waals surface area contributed by atoms with E-state index in [4.69, 9.17) is 5.73 Å². The summed E-state index contributed by atoms with van der Waals surface area (Å²) in [6.45, 7) is 7.92. The highest BCUT2D eigenvalue weighted by atomic mass is 16.2. The van der Waals surface area contributed by atoms with Crippen molar-refractivity contribution in [3.8, 4) is 0 Å². The van der Waals surface area contributed by atoms with Crippen LogP contribution in [0.1, 0.15) is 60.6 Å². The molecule has 1 aliphatic rings. The summed E-state index contributed by atoms with van der Waals surface area (Å²) in [4.78, 5) is 36.0. The van der Waals surface area contributed by atoms with E-state index in [1.165, 1.54) is 0 Å². The number of nitrogens with two attached hydrogens (primary N) is 1. The van der Waals surface area contributed by atoms with Crippen molar-refractivity contribution in [3.63, 3.8) is 0 Å². The smallest absolute Gasteiger partial charge is 0.263 e. The number of piperidine rings is 1. The molecule has 0 bridgehead atoms. The molecule has 1 saturated heterocycles. The summed E-state index contributed by atoms with van der Waals surface area (Å²) in [5, 5.41) is 0. The lowest BCUT2D eigenvalue weighted by molar-refractivity contribution is 0.0708. The van der Waals surface area contributed by atoms with Crippen LogP contribution in [0, 0.1) is 12.8 Å². The van der Waals surface area contributed by atoms with Crippen LogP contribution in [0.3, 0.4) is 0 Å². The Labute approximate surface area is 165 Å². The Morgan fingerprint density at radius 2 is 2.00 bits per heavy atom. The van der Waals surface area contributed by atoms with Crippen LogP contribution in [-0.2, 0) is 6.54 Å². The Morgan fingerprint density at radius 3 is 2.64 bits per heavy atom. The fraction of sp³-hybridized carbons (Fsp3) is 0.524. The zero-order valence-electron chi connectivity index (χ0n) is 16.9. The number of pyridine rings is 1. The van der Waals surface area contributed by atoms with Crippen LogP contribution in [0.15, 0.2) is 29.3 Å². The van der Waals surface area contributed by atoms with Crippen molar-refractivity contribution in [1.82, 2.24) is 19.4 Å². The normalized spacial score (nSPS) is 15.2. The Hall–Kier alpha value is -2.70. The molecule has 0 atom stereocenters. The SMILES string of the molecule is Cc1ccn(CCC(C)C)c(=O)c1C(=O)N1CCC(c2ccnc(N)n2)CC1. The minimum Gasteiger partial charge on any atom is -0.368 e. The average Bonchev–Trinajstić information content (AvgIpc) is 2.67. The molecule has 7 heteroatoms. The van der Waals surface area contributed by atoms with Crippen LogP contribution < -0.4 is 11.3 Å². The fourth-order valence-electron chi connectivity index (χ4n) is 3.65. The number of anilines is 1. The summed E-state index contributed by atoms with van der Waals surface area (Å²) < 4.78 is 1.66. The maximum absolute atomic E-state index is 13.1. The molecule has 1 fully saturated rings. The summed E-state index contributed by atoms with van der Waals surface area (Å²) in [6.07, 6.45) is 5.97. The number of hydrogen-bond acceptors (Lipinski definition) is 5. The van der Waals surface area contributed by atoms with Gasteiger partial charge in [0.2, 0.25) is 5.95 Å². The van der Waals surface area contributed by atoms with Crippen molar-refractivity contribution in [1.29, 1.82) is 0 Å². The molecule has 28 heavy (non-hydrogen) atoms. The first kappa shape index (κ1) is 20.0. The van der Waals surface area contributed by atoms with Crippen LogP contribution in [0.5, 0.6) is 0 Å². The van der Waals surface area contributed by atoms with E-state index in [2.05, 4.69) is 23.8 Å². The van der Waals surface area contributed by atoms with Gasteiger partial charge >= 0.3 is 0 Å². The molecule has 2 aromatic heterocycles. The van der Waals surface area contributed by atoms with E-state index in [1.807, 2.05) is 19.1 Å². The quantitative estimate of drug-likeness (QED) is 0.856. The van der Waals surface area contributed by atoms with E-state index in [9.17, 15) is 9.59 Å². The lowest BCUT2D eigenvalue weighted by atomic mass is 9.93. The molecule has 0 aliphatic carbocycles. The first-order valence-electron chi connectivity index (χ1n) is 9.94. The predicted octanol–water partition coefficient (Wildman–Crippen LogP) is 2.59. The maximum Gasteiger partial charge on any atom is 0.263 e. The van der Waals surface area contributed by atoms with Gasteiger partial charge in [-0.05, 0) is 49.8 Å². The molecule has 150 valence electrons. The number of nitrogens with zero attached hydrogens (tertiary/aromatic N) is 4. The van der Waals surface area contributed by atoms with Gasteiger partial charge in [-0.25, -0.2) is 9.97 Å². The first-order valence-corrected chi connectivity index (χ1v) is 9.94. The number of rotatable bonds is 5. The maximum atomic E-state index is 13.1. The van der Waals surface area contributed by atoms with Crippen molar-refractivity contribution in [2.75, 3.05) is 18.8 Å². The van der Waals surface area contributed by atoms with Gasteiger partial charge in [-0.1, -0.05) is 13.8 Å². The van der Waals surface area contributed by atoms with Crippen molar-refractivity contribution in [3.05, 3.63) is 51.7 Å². The average molecular weight is 383 g/mol. The Balaban J connectivity index is 1.73. The summed E-state index contributed by atoms with van der Waals surface area (Å²) in [5.74, 6) is 0.871. The zero-order valence-corrected chi connectivity index (χ0v) is 16.9. The highest BCUT2D eigenvalue weighted by Gasteiger charge is 2.28. The number of likely N-dealkylation sites (tertiary alicyclic amines) is 1. The third-order valence-electron chi connectivity index (χ3n) is 5.43. The van der Waals surface area contributed by atoms with Crippen LogP contribution in [0.25, 0.3) is 0 Å². The third kappa shape index (κ3) is 4.40. The van der Waals surface area contributed by atoms with Crippen LogP contribution >= 0.6 is 0 Å². The van der Waals surface area contributed by atoms with Gasteiger partial charge < -0.3 is 15.2 Å². The molecule has 0 aromatic carbocycles. The number of aromatic nitrogens is 3. The molecule has 2 aromatic rings. The molecule has 0 radical (unpaired) electrons. The summed E-state index contributed by atoms with van der Waals surface area (Å²) >= 11 is 0. The van der Waals surface area contributed by atoms with Crippen molar-refractivity contribution in [2.45, 2.75) is 52.5 Å². The largest absolute Gasteiger partial charge is 0.368 e. The lowest BCUT2D eigenvalue weighted by Crippen LogP contribution is -2.41. The molecule has 0 spiro atoms. The molecule has 3 rings (SSSR count). The van der Waals surface area contributed by atoms with Gasteiger partial charge in [-0.2, -0.15) is 0 Å². The molecule has 0 unspecified atom stereocenters. The van der Waals surface area contributed by atoms with E-state index >= 15 is 0 Å². The van der Waals surface area contributed by atoms with Crippen molar-refractivity contribution in [2.24, 2.45) is 5.92 Å². The van der Waals surface area contributed by atoms with Gasteiger partial charge in [0.05, 0.1) is 0 Å². The second-order valence-electron chi connectivity index (χ2n) is 7.96. The predicted molar refractivity (Wildman–Crippen MR) is 109 cm³/mol.